The van der Waals surface area contributed by atoms with Crippen LogP contribution in [0, 0.1) is 27.7 Å². The number of nitrogens with one attached hydrogen (secondary N) is 4. The third-order valence-corrected chi connectivity index (χ3v) is 4.72. The maximum absolute atomic E-state index is 12.1. The van der Waals surface area contributed by atoms with E-state index in [1.807, 2.05) is 69.3 Å². The highest BCUT2D eigenvalue weighted by molar-refractivity contribution is 5.90. The van der Waals surface area contributed by atoms with Crippen LogP contribution in [0.3, 0.4) is 0 Å². The number of urea groups is 1. The van der Waals surface area contributed by atoms with Gasteiger partial charge in [-0.1, -0.05) is 29.8 Å². The molecule has 0 aliphatic heterocycles. The second-order valence-corrected chi connectivity index (χ2v) is 7.26. The number of aromatic nitrogens is 2. The quantitative estimate of drug-likeness (QED) is 0.429. The Morgan fingerprint density at radius 3 is 2.47 bits per heavy atom. The van der Waals surface area contributed by atoms with Crippen LogP contribution in [0.1, 0.15) is 22.4 Å². The molecule has 1 aromatic heterocycles. The van der Waals surface area contributed by atoms with E-state index in [2.05, 4.69) is 38.2 Å². The van der Waals surface area contributed by atoms with Gasteiger partial charge in [0.2, 0.25) is 5.95 Å². The number of benzene rings is 2. The molecule has 0 saturated carbocycles. The molecule has 0 radical (unpaired) electrons. The molecule has 3 rings (SSSR count). The fourth-order valence-corrected chi connectivity index (χ4v) is 2.90. The highest BCUT2D eigenvalue weighted by Crippen LogP contribution is 2.18. The summed E-state index contributed by atoms with van der Waals surface area (Å²) in [6.07, 6.45) is 0. The van der Waals surface area contributed by atoms with Gasteiger partial charge in [-0.05, 0) is 57.0 Å². The van der Waals surface area contributed by atoms with Gasteiger partial charge in [-0.25, -0.2) is 9.78 Å². The summed E-state index contributed by atoms with van der Waals surface area (Å²) in [5.74, 6) is 1.23. The van der Waals surface area contributed by atoms with Crippen molar-refractivity contribution in [2.24, 2.45) is 0 Å². The summed E-state index contributed by atoms with van der Waals surface area (Å²) < 4.78 is 0. The molecule has 0 aliphatic carbocycles. The van der Waals surface area contributed by atoms with Crippen molar-refractivity contribution >= 4 is 29.2 Å². The molecule has 0 aliphatic rings. The van der Waals surface area contributed by atoms with Crippen molar-refractivity contribution in [1.29, 1.82) is 0 Å². The number of hydrogen-bond acceptors (Lipinski definition) is 5. The molecule has 2 aromatic carbocycles. The minimum absolute atomic E-state index is 0.239. The van der Waals surface area contributed by atoms with Gasteiger partial charge in [-0.2, -0.15) is 4.98 Å². The van der Waals surface area contributed by atoms with Crippen molar-refractivity contribution in [3.05, 3.63) is 70.9 Å². The predicted octanol–water partition coefficient (Wildman–Crippen LogP) is 4.69. The average molecular weight is 405 g/mol. The Morgan fingerprint density at radius 2 is 1.70 bits per heavy atom. The summed E-state index contributed by atoms with van der Waals surface area (Å²) in [7, 11) is 0. The van der Waals surface area contributed by atoms with Gasteiger partial charge in [0.05, 0.1) is 0 Å². The van der Waals surface area contributed by atoms with Crippen LogP contribution < -0.4 is 21.3 Å². The minimum Gasteiger partial charge on any atom is -0.352 e. The van der Waals surface area contributed by atoms with E-state index in [9.17, 15) is 4.79 Å². The van der Waals surface area contributed by atoms with E-state index in [4.69, 9.17) is 0 Å². The number of aryl methyl sites for hydroxylation is 3. The summed E-state index contributed by atoms with van der Waals surface area (Å²) in [6.45, 7) is 8.93. The zero-order valence-corrected chi connectivity index (χ0v) is 17.8. The van der Waals surface area contributed by atoms with Crippen molar-refractivity contribution in [3.8, 4) is 0 Å². The molecule has 2 amide bonds. The van der Waals surface area contributed by atoms with E-state index in [-0.39, 0.29) is 6.03 Å². The first-order chi connectivity index (χ1) is 14.4. The van der Waals surface area contributed by atoms with Gasteiger partial charge in [0.15, 0.2) is 0 Å². The molecule has 0 fully saturated rings. The lowest BCUT2D eigenvalue weighted by Gasteiger charge is -2.12. The Bertz CT molecular complexity index is 1020. The second kappa shape index (κ2) is 9.73. The summed E-state index contributed by atoms with van der Waals surface area (Å²) in [4.78, 5) is 21.0. The van der Waals surface area contributed by atoms with Gasteiger partial charge < -0.3 is 21.3 Å². The molecule has 3 aromatic rings. The van der Waals surface area contributed by atoms with Crippen LogP contribution in [0.2, 0.25) is 0 Å². The molecule has 156 valence electrons. The van der Waals surface area contributed by atoms with Gasteiger partial charge in [-0.15, -0.1) is 0 Å². The number of nitrogens with zero attached hydrogens (tertiary/aromatic N) is 2. The summed E-state index contributed by atoms with van der Waals surface area (Å²) in [5, 5.41) is 12.2. The minimum atomic E-state index is -0.239. The van der Waals surface area contributed by atoms with Crippen molar-refractivity contribution in [2.75, 3.05) is 29.0 Å². The highest BCUT2D eigenvalue weighted by Gasteiger charge is 2.06. The molecule has 0 saturated heterocycles. The van der Waals surface area contributed by atoms with Crippen LogP contribution in [0.5, 0.6) is 0 Å². The largest absolute Gasteiger partial charge is 0.352 e. The van der Waals surface area contributed by atoms with Crippen LogP contribution in [-0.2, 0) is 0 Å². The fraction of sp³-hybridized carbons (Fsp3) is 0.261. The molecule has 1 heterocycles. The molecule has 0 unspecified atom stereocenters. The molecule has 7 heteroatoms. The van der Waals surface area contributed by atoms with Crippen molar-refractivity contribution in [3.63, 3.8) is 0 Å². The van der Waals surface area contributed by atoms with E-state index in [1.54, 1.807) is 0 Å². The van der Waals surface area contributed by atoms with Crippen LogP contribution >= 0.6 is 0 Å². The maximum atomic E-state index is 12.1. The first-order valence-electron chi connectivity index (χ1n) is 9.95. The van der Waals surface area contributed by atoms with Crippen molar-refractivity contribution in [1.82, 2.24) is 15.3 Å². The monoisotopic (exact) mass is 404 g/mol. The van der Waals surface area contributed by atoms with E-state index < -0.39 is 0 Å². The lowest BCUT2D eigenvalue weighted by Crippen LogP contribution is -2.33. The van der Waals surface area contributed by atoms with Crippen LogP contribution in [-0.4, -0.2) is 29.1 Å². The van der Waals surface area contributed by atoms with Crippen LogP contribution in [0.25, 0.3) is 0 Å². The smallest absolute Gasteiger partial charge is 0.319 e. The van der Waals surface area contributed by atoms with Crippen LogP contribution in [0.4, 0.5) is 27.9 Å². The van der Waals surface area contributed by atoms with E-state index in [1.165, 1.54) is 5.56 Å². The maximum Gasteiger partial charge on any atom is 0.319 e. The van der Waals surface area contributed by atoms with Crippen molar-refractivity contribution in [2.45, 2.75) is 27.7 Å². The Morgan fingerprint density at radius 1 is 0.933 bits per heavy atom. The number of carbonyl (C=O) groups is 1. The first-order valence-corrected chi connectivity index (χ1v) is 9.95. The number of rotatable bonds is 7. The molecular weight excluding hydrogens is 376 g/mol. The average Bonchev–Trinajstić information content (AvgIpc) is 2.70. The van der Waals surface area contributed by atoms with Gasteiger partial charge in [0, 0.05) is 36.2 Å². The molecule has 7 nitrogen and oxygen atoms in total. The lowest BCUT2D eigenvalue weighted by molar-refractivity contribution is 0.252. The molecule has 4 N–H and O–H groups in total. The Balaban J connectivity index is 1.49. The molecule has 0 atom stereocenters. The topological polar surface area (TPSA) is 91.0 Å². The molecule has 0 bridgehead atoms. The second-order valence-electron chi connectivity index (χ2n) is 7.26. The van der Waals surface area contributed by atoms with Gasteiger partial charge >= 0.3 is 6.03 Å². The Kier molecular flexibility index (Phi) is 6.85. The summed E-state index contributed by atoms with van der Waals surface area (Å²) >= 11 is 0. The predicted molar refractivity (Wildman–Crippen MR) is 123 cm³/mol. The van der Waals surface area contributed by atoms with E-state index in [0.29, 0.717) is 19.0 Å². The van der Waals surface area contributed by atoms with Crippen LogP contribution in [0.15, 0.2) is 48.5 Å². The lowest BCUT2D eigenvalue weighted by atomic mass is 10.1. The Labute approximate surface area is 177 Å². The SMILES string of the molecule is Cc1ccc(Nc2cc(C)nc(NCCNC(=O)Nc3cccc(C)c3C)n2)cc1. The number of hydrogen-bond donors (Lipinski definition) is 4. The molecule has 0 spiro atoms. The highest BCUT2D eigenvalue weighted by atomic mass is 16.2. The van der Waals surface area contributed by atoms with E-state index in [0.717, 1.165) is 34.0 Å². The summed E-state index contributed by atoms with van der Waals surface area (Å²) in [5.41, 5.74) is 6.04. The normalized spacial score (nSPS) is 10.4. The van der Waals surface area contributed by atoms with E-state index >= 15 is 0 Å². The number of anilines is 4. The summed E-state index contributed by atoms with van der Waals surface area (Å²) in [6, 6.07) is 15.6. The van der Waals surface area contributed by atoms with Gasteiger partial charge in [0.25, 0.3) is 0 Å². The third kappa shape index (κ3) is 5.94. The zero-order chi connectivity index (χ0) is 21.5. The number of carbonyl (C=O) groups excluding carboxylic acids is 1. The Hall–Kier alpha value is -3.61. The molecule has 30 heavy (non-hydrogen) atoms. The number of amides is 2. The first kappa shape index (κ1) is 21.1. The molecular formula is C23H28N6O. The fourth-order valence-electron chi connectivity index (χ4n) is 2.90. The van der Waals surface area contributed by atoms with Gasteiger partial charge in [-0.3, -0.25) is 0 Å². The third-order valence-electron chi connectivity index (χ3n) is 4.72. The standard InChI is InChI=1S/C23H28N6O/c1-15-8-10-19(11-9-15)27-21-14-17(3)26-22(29-21)24-12-13-25-23(30)28-20-7-5-6-16(2)18(20)4/h5-11,14H,12-13H2,1-4H3,(H2,25,28,30)(H2,24,26,27,29). The zero-order valence-electron chi connectivity index (χ0n) is 17.8. The van der Waals surface area contributed by atoms with Gasteiger partial charge in [0.1, 0.15) is 5.82 Å². The van der Waals surface area contributed by atoms with Crippen molar-refractivity contribution < 1.29 is 4.79 Å².